The molecule has 0 aliphatic carbocycles. The lowest BCUT2D eigenvalue weighted by Crippen LogP contribution is -2.49. The fourth-order valence-corrected chi connectivity index (χ4v) is 2.73. The first-order valence-electron chi connectivity index (χ1n) is 6.89. The number of likely N-dealkylation sites (N-methyl/N-ethyl adjacent to an activating group) is 1. The van der Waals surface area contributed by atoms with Crippen molar-refractivity contribution in [1.82, 2.24) is 10.2 Å². The zero-order valence-electron chi connectivity index (χ0n) is 11.4. The fraction of sp³-hybridized carbons (Fsp3) is 0.600. The molecule has 18 heavy (non-hydrogen) atoms. The number of nitrogens with zero attached hydrogens (tertiary/aromatic N) is 1. The number of benzene rings is 1. The molecule has 1 heterocycles. The second-order valence-corrected chi connectivity index (χ2v) is 4.86. The van der Waals surface area contributed by atoms with Crippen molar-refractivity contribution in [3.05, 3.63) is 35.9 Å². The third-order valence-corrected chi connectivity index (χ3v) is 3.73. The Morgan fingerprint density at radius 2 is 2.17 bits per heavy atom. The zero-order chi connectivity index (χ0) is 12.8. The fourth-order valence-electron chi connectivity index (χ4n) is 2.73. The van der Waals surface area contributed by atoms with Crippen LogP contribution in [0.25, 0.3) is 0 Å². The largest absolute Gasteiger partial charge is 0.378 e. The predicted molar refractivity (Wildman–Crippen MR) is 74.7 cm³/mol. The van der Waals surface area contributed by atoms with Gasteiger partial charge in [0.25, 0.3) is 0 Å². The Hall–Kier alpha value is -0.900. The Kier molecular flexibility index (Phi) is 5.17. The van der Waals surface area contributed by atoms with Gasteiger partial charge in [0, 0.05) is 25.2 Å². The molecule has 0 aromatic heterocycles. The molecule has 0 radical (unpaired) electrons. The summed E-state index contributed by atoms with van der Waals surface area (Å²) in [5.41, 5.74) is 1.40. The SMILES string of the molecule is CCC1COCCN1C(CNC)c1ccccc1. The van der Waals surface area contributed by atoms with Gasteiger partial charge in [0.2, 0.25) is 0 Å². The Balaban J connectivity index is 2.18. The molecule has 0 saturated carbocycles. The maximum atomic E-state index is 5.61. The second kappa shape index (κ2) is 6.88. The molecule has 1 aliphatic heterocycles. The average Bonchev–Trinajstić information content (AvgIpc) is 2.46. The number of ether oxygens (including phenoxy) is 1. The van der Waals surface area contributed by atoms with Gasteiger partial charge in [-0.1, -0.05) is 37.3 Å². The highest BCUT2D eigenvalue weighted by Gasteiger charge is 2.28. The van der Waals surface area contributed by atoms with Crippen LogP contribution in [0.1, 0.15) is 24.9 Å². The summed E-state index contributed by atoms with van der Waals surface area (Å²) in [6.45, 7) is 5.97. The maximum Gasteiger partial charge on any atom is 0.0622 e. The van der Waals surface area contributed by atoms with E-state index in [1.807, 2.05) is 7.05 Å². The minimum atomic E-state index is 0.449. The van der Waals surface area contributed by atoms with Crippen molar-refractivity contribution in [2.45, 2.75) is 25.4 Å². The first-order chi connectivity index (χ1) is 8.86. The Labute approximate surface area is 110 Å². The van der Waals surface area contributed by atoms with Gasteiger partial charge in [-0.2, -0.15) is 0 Å². The van der Waals surface area contributed by atoms with Gasteiger partial charge in [0.1, 0.15) is 0 Å². The molecule has 0 bridgehead atoms. The smallest absolute Gasteiger partial charge is 0.0622 e. The van der Waals surface area contributed by atoms with Gasteiger partial charge >= 0.3 is 0 Å². The summed E-state index contributed by atoms with van der Waals surface area (Å²) in [4.78, 5) is 2.59. The molecule has 0 amide bonds. The van der Waals surface area contributed by atoms with Crippen molar-refractivity contribution in [3.8, 4) is 0 Å². The standard InChI is InChI=1S/C15H24N2O/c1-3-14-12-18-10-9-17(14)15(11-16-2)13-7-5-4-6-8-13/h4-8,14-16H,3,9-12H2,1-2H3. The Bertz CT molecular complexity index is 342. The molecule has 2 rings (SSSR count). The van der Waals surface area contributed by atoms with Gasteiger partial charge in [0.05, 0.1) is 13.2 Å². The van der Waals surface area contributed by atoms with Gasteiger partial charge in [-0.25, -0.2) is 0 Å². The molecule has 2 unspecified atom stereocenters. The highest BCUT2D eigenvalue weighted by Crippen LogP contribution is 2.25. The van der Waals surface area contributed by atoms with Crippen LogP contribution >= 0.6 is 0 Å². The van der Waals surface area contributed by atoms with E-state index in [0.29, 0.717) is 12.1 Å². The van der Waals surface area contributed by atoms with Gasteiger partial charge in [-0.3, -0.25) is 4.90 Å². The van der Waals surface area contributed by atoms with Gasteiger partial charge in [0.15, 0.2) is 0 Å². The van der Waals surface area contributed by atoms with Crippen LogP contribution < -0.4 is 5.32 Å². The molecular formula is C15H24N2O. The monoisotopic (exact) mass is 248 g/mol. The van der Waals surface area contributed by atoms with Crippen LogP contribution in [0.15, 0.2) is 30.3 Å². The third-order valence-electron chi connectivity index (χ3n) is 3.73. The summed E-state index contributed by atoms with van der Waals surface area (Å²) >= 11 is 0. The summed E-state index contributed by atoms with van der Waals surface area (Å²) in [6.07, 6.45) is 1.15. The highest BCUT2D eigenvalue weighted by molar-refractivity contribution is 5.20. The van der Waals surface area contributed by atoms with Crippen LogP contribution in [0.2, 0.25) is 0 Å². The molecule has 100 valence electrons. The lowest BCUT2D eigenvalue weighted by molar-refractivity contribution is -0.0303. The summed E-state index contributed by atoms with van der Waals surface area (Å²) in [5.74, 6) is 0. The van der Waals surface area contributed by atoms with Crippen LogP contribution in [0, 0.1) is 0 Å². The van der Waals surface area contributed by atoms with Crippen LogP contribution in [0.5, 0.6) is 0 Å². The van der Waals surface area contributed by atoms with E-state index in [9.17, 15) is 0 Å². The Morgan fingerprint density at radius 3 is 2.83 bits per heavy atom. The zero-order valence-corrected chi connectivity index (χ0v) is 11.4. The summed E-state index contributed by atoms with van der Waals surface area (Å²) < 4.78 is 5.61. The van der Waals surface area contributed by atoms with Gasteiger partial charge < -0.3 is 10.1 Å². The van der Waals surface area contributed by atoms with Gasteiger partial charge in [-0.15, -0.1) is 0 Å². The molecule has 0 spiro atoms. The number of rotatable bonds is 5. The Morgan fingerprint density at radius 1 is 1.39 bits per heavy atom. The first kappa shape index (κ1) is 13.5. The molecule has 1 aromatic rings. The van der Waals surface area contributed by atoms with Crippen molar-refractivity contribution in [2.24, 2.45) is 0 Å². The van der Waals surface area contributed by atoms with E-state index < -0.39 is 0 Å². The predicted octanol–water partition coefficient (Wildman–Crippen LogP) is 2.06. The van der Waals surface area contributed by atoms with Crippen LogP contribution in [-0.4, -0.2) is 44.3 Å². The maximum absolute atomic E-state index is 5.61. The van der Waals surface area contributed by atoms with Crippen molar-refractivity contribution >= 4 is 0 Å². The average molecular weight is 248 g/mol. The van der Waals surface area contributed by atoms with Crippen molar-refractivity contribution in [2.75, 3.05) is 33.4 Å². The molecule has 1 aromatic carbocycles. The molecule has 2 atom stereocenters. The molecule has 1 fully saturated rings. The highest BCUT2D eigenvalue weighted by atomic mass is 16.5. The van der Waals surface area contributed by atoms with Crippen LogP contribution in [0.3, 0.4) is 0 Å². The number of hydrogen-bond acceptors (Lipinski definition) is 3. The number of hydrogen-bond donors (Lipinski definition) is 1. The second-order valence-electron chi connectivity index (χ2n) is 4.86. The lowest BCUT2D eigenvalue weighted by Gasteiger charge is -2.41. The van der Waals surface area contributed by atoms with E-state index in [2.05, 4.69) is 47.5 Å². The summed E-state index contributed by atoms with van der Waals surface area (Å²) in [6, 6.07) is 11.8. The minimum Gasteiger partial charge on any atom is -0.378 e. The topological polar surface area (TPSA) is 24.5 Å². The van der Waals surface area contributed by atoms with Crippen LogP contribution in [-0.2, 0) is 4.74 Å². The van der Waals surface area contributed by atoms with E-state index in [1.54, 1.807) is 0 Å². The lowest BCUT2D eigenvalue weighted by atomic mass is 10.0. The summed E-state index contributed by atoms with van der Waals surface area (Å²) in [5, 5.41) is 3.33. The van der Waals surface area contributed by atoms with Crippen LogP contribution in [0.4, 0.5) is 0 Å². The van der Waals surface area contributed by atoms with Gasteiger partial charge in [-0.05, 0) is 19.0 Å². The number of morpholine rings is 1. The van der Waals surface area contributed by atoms with E-state index in [4.69, 9.17) is 4.74 Å². The summed E-state index contributed by atoms with van der Waals surface area (Å²) in [7, 11) is 2.03. The molecule has 3 heteroatoms. The van der Waals surface area contributed by atoms with E-state index >= 15 is 0 Å². The van der Waals surface area contributed by atoms with E-state index in [1.165, 1.54) is 5.56 Å². The normalized spacial score (nSPS) is 22.9. The van der Waals surface area contributed by atoms with Crippen molar-refractivity contribution < 1.29 is 4.74 Å². The molecule has 1 aliphatic rings. The van der Waals surface area contributed by atoms with Crippen molar-refractivity contribution in [3.63, 3.8) is 0 Å². The molecule has 1 saturated heterocycles. The molecular weight excluding hydrogens is 224 g/mol. The third kappa shape index (κ3) is 3.10. The van der Waals surface area contributed by atoms with E-state index in [-0.39, 0.29) is 0 Å². The number of nitrogens with one attached hydrogen (secondary N) is 1. The minimum absolute atomic E-state index is 0.449. The molecule has 1 N–H and O–H groups in total. The van der Waals surface area contributed by atoms with Crippen molar-refractivity contribution in [1.29, 1.82) is 0 Å². The molecule has 3 nitrogen and oxygen atoms in total. The van der Waals surface area contributed by atoms with E-state index in [0.717, 1.165) is 32.7 Å². The first-order valence-corrected chi connectivity index (χ1v) is 6.89. The quantitative estimate of drug-likeness (QED) is 0.863.